The molecule has 2 N–H and O–H groups in total. The average molecular weight is 252 g/mol. The maximum Gasteiger partial charge on any atom is 0.234 e. The lowest BCUT2D eigenvalue weighted by Crippen LogP contribution is -2.35. The maximum atomic E-state index is 12.1. The number of nitrogens with two attached hydrogens (primary N) is 1. The molecule has 0 radical (unpaired) electrons. The normalized spacial score (nSPS) is 38.0. The Morgan fingerprint density at radius 3 is 2.24 bits per heavy atom. The lowest BCUT2D eigenvalue weighted by atomic mass is 9.85. The molecule has 0 spiro atoms. The zero-order valence-electron chi connectivity index (χ0n) is 9.04. The summed E-state index contributed by atoms with van der Waals surface area (Å²) in [6.45, 7) is 0.129. The van der Waals surface area contributed by atoms with Crippen LogP contribution in [-0.4, -0.2) is 39.7 Å². The SMILES string of the molecule is NC(=O)CCN1C(=O)C2C3C=CC(S3)C2C1=O. The van der Waals surface area contributed by atoms with Crippen LogP contribution in [0.5, 0.6) is 0 Å². The van der Waals surface area contributed by atoms with Crippen LogP contribution in [0.4, 0.5) is 0 Å². The van der Waals surface area contributed by atoms with E-state index in [2.05, 4.69) is 0 Å². The molecule has 4 atom stereocenters. The fourth-order valence-electron chi connectivity index (χ4n) is 2.81. The van der Waals surface area contributed by atoms with Gasteiger partial charge in [-0.2, -0.15) is 0 Å². The number of hydrogen-bond donors (Lipinski definition) is 1. The molecular formula is C11H12N2O3S. The Bertz CT molecular complexity index is 418. The molecule has 3 rings (SSSR count). The highest BCUT2D eigenvalue weighted by Gasteiger charge is 2.59. The summed E-state index contributed by atoms with van der Waals surface area (Å²) in [5.41, 5.74) is 5.04. The van der Waals surface area contributed by atoms with E-state index in [1.807, 2.05) is 12.2 Å². The molecule has 90 valence electrons. The molecular weight excluding hydrogens is 240 g/mol. The van der Waals surface area contributed by atoms with E-state index < -0.39 is 5.91 Å². The zero-order valence-corrected chi connectivity index (χ0v) is 9.85. The minimum Gasteiger partial charge on any atom is -0.370 e. The molecule has 6 heteroatoms. The second-order valence-corrected chi connectivity index (χ2v) is 5.91. The Hall–Kier alpha value is -1.30. The monoisotopic (exact) mass is 252 g/mol. The summed E-state index contributed by atoms with van der Waals surface area (Å²) >= 11 is 1.69. The third-order valence-corrected chi connectivity index (χ3v) is 5.11. The molecule has 2 saturated heterocycles. The first-order valence-electron chi connectivity index (χ1n) is 5.57. The molecule has 3 heterocycles. The Kier molecular flexibility index (Phi) is 2.29. The van der Waals surface area contributed by atoms with Gasteiger partial charge in [-0.3, -0.25) is 19.3 Å². The average Bonchev–Trinajstić information content (AvgIpc) is 2.92. The fourth-order valence-corrected chi connectivity index (χ4v) is 4.44. The smallest absolute Gasteiger partial charge is 0.234 e. The van der Waals surface area contributed by atoms with Crippen LogP contribution in [0.3, 0.4) is 0 Å². The first-order valence-corrected chi connectivity index (χ1v) is 6.51. The molecule has 3 amide bonds. The van der Waals surface area contributed by atoms with Gasteiger partial charge in [-0.15, -0.1) is 11.8 Å². The van der Waals surface area contributed by atoms with Crippen LogP contribution in [0.25, 0.3) is 0 Å². The maximum absolute atomic E-state index is 12.1. The van der Waals surface area contributed by atoms with Crippen molar-refractivity contribution in [2.75, 3.05) is 6.54 Å². The highest BCUT2D eigenvalue weighted by molar-refractivity contribution is 8.01. The van der Waals surface area contributed by atoms with E-state index in [4.69, 9.17) is 5.73 Å². The van der Waals surface area contributed by atoms with Crippen LogP contribution in [-0.2, 0) is 14.4 Å². The van der Waals surface area contributed by atoms with Crippen molar-refractivity contribution in [1.82, 2.24) is 4.90 Å². The molecule has 2 bridgehead atoms. The number of thioether (sulfide) groups is 1. The number of likely N-dealkylation sites (tertiary alicyclic amines) is 1. The molecule has 4 unspecified atom stereocenters. The van der Waals surface area contributed by atoms with Gasteiger partial charge in [0.2, 0.25) is 17.7 Å². The van der Waals surface area contributed by atoms with Crippen LogP contribution in [0.2, 0.25) is 0 Å². The Labute approximate surface area is 102 Å². The summed E-state index contributed by atoms with van der Waals surface area (Å²) < 4.78 is 0. The van der Waals surface area contributed by atoms with Crippen LogP contribution in [0, 0.1) is 11.8 Å². The Morgan fingerprint density at radius 2 is 1.76 bits per heavy atom. The summed E-state index contributed by atoms with van der Waals surface area (Å²) in [7, 11) is 0. The fraction of sp³-hybridized carbons (Fsp3) is 0.545. The van der Waals surface area contributed by atoms with Crippen molar-refractivity contribution in [3.63, 3.8) is 0 Å². The zero-order chi connectivity index (χ0) is 12.2. The van der Waals surface area contributed by atoms with Crippen molar-refractivity contribution >= 4 is 29.5 Å². The van der Waals surface area contributed by atoms with Crippen molar-refractivity contribution in [2.24, 2.45) is 17.6 Å². The second kappa shape index (κ2) is 3.60. The summed E-state index contributed by atoms with van der Waals surface area (Å²) in [4.78, 5) is 36.1. The Morgan fingerprint density at radius 1 is 1.24 bits per heavy atom. The molecule has 2 fully saturated rings. The summed E-state index contributed by atoms with van der Waals surface area (Å²) in [5, 5.41) is 0.278. The number of carbonyl (C=O) groups excluding carboxylic acids is 3. The molecule has 5 nitrogen and oxygen atoms in total. The molecule has 0 aromatic heterocycles. The van der Waals surface area contributed by atoms with Gasteiger partial charge in [-0.1, -0.05) is 12.2 Å². The number of imide groups is 1. The lowest BCUT2D eigenvalue weighted by molar-refractivity contribution is -0.140. The minimum absolute atomic E-state index is 0.0484. The molecule has 17 heavy (non-hydrogen) atoms. The van der Waals surface area contributed by atoms with Crippen molar-refractivity contribution in [1.29, 1.82) is 0 Å². The number of hydrogen-bond acceptors (Lipinski definition) is 4. The highest BCUT2D eigenvalue weighted by Crippen LogP contribution is 2.53. The van der Waals surface area contributed by atoms with Crippen LogP contribution >= 0.6 is 11.8 Å². The van der Waals surface area contributed by atoms with E-state index in [0.29, 0.717) is 0 Å². The predicted octanol–water partition coefficient (Wildman–Crippen LogP) is -0.483. The number of primary amides is 1. The number of amides is 3. The van der Waals surface area contributed by atoms with Gasteiger partial charge in [0, 0.05) is 23.5 Å². The van der Waals surface area contributed by atoms with E-state index in [9.17, 15) is 14.4 Å². The van der Waals surface area contributed by atoms with Gasteiger partial charge in [0.15, 0.2) is 0 Å². The van der Waals surface area contributed by atoms with Crippen LogP contribution < -0.4 is 5.73 Å². The third kappa shape index (κ3) is 1.43. The first-order chi connectivity index (χ1) is 8.09. The van der Waals surface area contributed by atoms with Gasteiger partial charge >= 0.3 is 0 Å². The lowest BCUT2D eigenvalue weighted by Gasteiger charge is -2.15. The van der Waals surface area contributed by atoms with E-state index in [1.165, 1.54) is 4.90 Å². The van der Waals surface area contributed by atoms with Crippen LogP contribution in [0.15, 0.2) is 12.2 Å². The van der Waals surface area contributed by atoms with Gasteiger partial charge in [-0.05, 0) is 0 Å². The number of rotatable bonds is 3. The van der Waals surface area contributed by atoms with Crippen molar-refractivity contribution < 1.29 is 14.4 Å². The van der Waals surface area contributed by atoms with Crippen molar-refractivity contribution in [2.45, 2.75) is 16.9 Å². The number of nitrogens with zero attached hydrogens (tertiary/aromatic N) is 1. The summed E-state index contributed by atoms with van der Waals surface area (Å²) in [6, 6.07) is 0. The highest BCUT2D eigenvalue weighted by atomic mass is 32.2. The minimum atomic E-state index is -0.488. The molecule has 3 aliphatic heterocycles. The van der Waals surface area contributed by atoms with Crippen molar-refractivity contribution in [3.05, 3.63) is 12.2 Å². The van der Waals surface area contributed by atoms with E-state index in [0.717, 1.165) is 0 Å². The van der Waals surface area contributed by atoms with Gasteiger partial charge in [-0.25, -0.2) is 0 Å². The second-order valence-electron chi connectivity index (χ2n) is 4.55. The van der Waals surface area contributed by atoms with Gasteiger partial charge in [0.1, 0.15) is 0 Å². The van der Waals surface area contributed by atoms with E-state index >= 15 is 0 Å². The quantitative estimate of drug-likeness (QED) is 0.543. The van der Waals surface area contributed by atoms with Crippen LogP contribution in [0.1, 0.15) is 6.42 Å². The molecule has 0 saturated carbocycles. The molecule has 0 aromatic rings. The summed E-state index contributed by atoms with van der Waals surface area (Å²) in [6.07, 6.45) is 4.07. The topological polar surface area (TPSA) is 80.5 Å². The Balaban J connectivity index is 1.80. The molecule has 3 aliphatic rings. The van der Waals surface area contributed by atoms with E-state index in [-0.39, 0.29) is 47.1 Å². The van der Waals surface area contributed by atoms with Gasteiger partial charge in [0.25, 0.3) is 0 Å². The summed E-state index contributed by atoms with van der Waals surface area (Å²) in [5.74, 6) is -1.18. The standard InChI is InChI=1S/C11H12N2O3S/c12-7(14)3-4-13-10(15)8-5-1-2-6(17-5)9(8)11(13)16/h1-2,5-6,8-9H,3-4H2,(H2,12,14). The van der Waals surface area contributed by atoms with Gasteiger partial charge in [0.05, 0.1) is 11.8 Å². The molecule has 0 aromatic carbocycles. The van der Waals surface area contributed by atoms with Crippen molar-refractivity contribution in [3.8, 4) is 0 Å². The third-order valence-electron chi connectivity index (χ3n) is 3.58. The number of carbonyl (C=O) groups is 3. The van der Waals surface area contributed by atoms with Gasteiger partial charge < -0.3 is 5.73 Å². The van der Waals surface area contributed by atoms with E-state index in [1.54, 1.807) is 11.8 Å². The number of fused-ring (bicyclic) bond motifs is 5. The molecule has 0 aliphatic carbocycles. The largest absolute Gasteiger partial charge is 0.370 e. The first kappa shape index (κ1) is 10.8. The predicted molar refractivity (Wildman–Crippen MR) is 61.8 cm³/mol.